The van der Waals surface area contributed by atoms with Crippen LogP contribution < -0.4 is 10.5 Å². The van der Waals surface area contributed by atoms with Gasteiger partial charge in [-0.1, -0.05) is 18.2 Å². The van der Waals surface area contributed by atoms with E-state index in [0.717, 1.165) is 0 Å². The summed E-state index contributed by atoms with van der Waals surface area (Å²) in [5, 5.41) is 0. The highest BCUT2D eigenvalue weighted by molar-refractivity contribution is 5.72. The quantitative estimate of drug-likeness (QED) is 0.930. The normalized spacial score (nSPS) is 11.4. The fourth-order valence-corrected chi connectivity index (χ4v) is 1.75. The molecule has 100 valence electrons. The molecule has 3 nitrogen and oxygen atoms in total. The van der Waals surface area contributed by atoms with Crippen LogP contribution in [0.4, 0.5) is 13.2 Å². The van der Waals surface area contributed by atoms with Crippen LogP contribution in [0.15, 0.2) is 42.7 Å². The van der Waals surface area contributed by atoms with E-state index in [1.165, 1.54) is 24.4 Å². The SMILES string of the molecule is NCc1ccncc1-c1ccccc1OC(F)(F)F. The van der Waals surface area contributed by atoms with Gasteiger partial charge in [0.1, 0.15) is 5.75 Å². The fraction of sp³-hybridized carbons (Fsp3) is 0.154. The van der Waals surface area contributed by atoms with Gasteiger partial charge in [0.25, 0.3) is 0 Å². The third-order valence-corrected chi connectivity index (χ3v) is 2.53. The highest BCUT2D eigenvalue weighted by atomic mass is 19.4. The largest absolute Gasteiger partial charge is 0.573 e. The molecule has 0 aliphatic carbocycles. The lowest BCUT2D eigenvalue weighted by Crippen LogP contribution is -2.17. The van der Waals surface area contributed by atoms with Crippen LogP contribution in [-0.2, 0) is 6.54 Å². The van der Waals surface area contributed by atoms with Crippen molar-refractivity contribution in [1.82, 2.24) is 4.98 Å². The molecule has 0 saturated carbocycles. The van der Waals surface area contributed by atoms with E-state index in [0.29, 0.717) is 16.7 Å². The minimum Gasteiger partial charge on any atom is -0.405 e. The van der Waals surface area contributed by atoms with E-state index < -0.39 is 6.36 Å². The molecule has 0 amide bonds. The van der Waals surface area contributed by atoms with E-state index >= 15 is 0 Å². The highest BCUT2D eigenvalue weighted by Crippen LogP contribution is 2.34. The maximum atomic E-state index is 12.4. The molecule has 0 radical (unpaired) electrons. The second-order valence-corrected chi connectivity index (χ2v) is 3.78. The Morgan fingerprint density at radius 3 is 2.53 bits per heavy atom. The minimum atomic E-state index is -4.73. The molecule has 1 aromatic carbocycles. The fourth-order valence-electron chi connectivity index (χ4n) is 1.75. The maximum absolute atomic E-state index is 12.4. The van der Waals surface area contributed by atoms with Gasteiger partial charge in [-0.2, -0.15) is 0 Å². The first-order valence-electron chi connectivity index (χ1n) is 5.49. The number of rotatable bonds is 3. The molecule has 1 aromatic heterocycles. The second-order valence-electron chi connectivity index (χ2n) is 3.78. The van der Waals surface area contributed by atoms with Gasteiger partial charge in [0.05, 0.1) is 0 Å². The number of ether oxygens (including phenoxy) is 1. The summed E-state index contributed by atoms with van der Waals surface area (Å²) in [6.07, 6.45) is -1.72. The molecule has 0 atom stereocenters. The highest BCUT2D eigenvalue weighted by Gasteiger charge is 2.32. The van der Waals surface area contributed by atoms with E-state index in [4.69, 9.17) is 5.73 Å². The topological polar surface area (TPSA) is 48.1 Å². The monoisotopic (exact) mass is 268 g/mol. The van der Waals surface area contributed by atoms with Gasteiger partial charge in [-0.15, -0.1) is 13.2 Å². The first kappa shape index (κ1) is 13.4. The number of pyridine rings is 1. The number of aromatic nitrogens is 1. The molecular formula is C13H11F3N2O. The summed E-state index contributed by atoms with van der Waals surface area (Å²) in [4.78, 5) is 3.91. The number of para-hydroxylation sites is 1. The standard InChI is InChI=1S/C13H11F3N2O/c14-13(15,16)19-12-4-2-1-3-10(12)11-8-18-6-5-9(11)7-17/h1-6,8H,7,17H2. The summed E-state index contributed by atoms with van der Waals surface area (Å²) in [7, 11) is 0. The van der Waals surface area contributed by atoms with Gasteiger partial charge >= 0.3 is 6.36 Å². The Bertz CT molecular complexity index is 570. The molecule has 19 heavy (non-hydrogen) atoms. The molecular weight excluding hydrogens is 257 g/mol. The van der Waals surface area contributed by atoms with Gasteiger partial charge in [-0.05, 0) is 17.7 Å². The summed E-state index contributed by atoms with van der Waals surface area (Å²) in [5.74, 6) is -0.266. The van der Waals surface area contributed by atoms with E-state index in [1.54, 1.807) is 18.3 Å². The van der Waals surface area contributed by atoms with E-state index in [1.807, 2.05) is 0 Å². The van der Waals surface area contributed by atoms with Crippen LogP contribution in [0.5, 0.6) is 5.75 Å². The van der Waals surface area contributed by atoms with E-state index in [-0.39, 0.29) is 12.3 Å². The molecule has 0 fully saturated rings. The minimum absolute atomic E-state index is 0.207. The maximum Gasteiger partial charge on any atom is 0.573 e. The zero-order valence-corrected chi connectivity index (χ0v) is 9.82. The van der Waals surface area contributed by atoms with Crippen molar-refractivity contribution in [2.75, 3.05) is 0 Å². The molecule has 6 heteroatoms. The van der Waals surface area contributed by atoms with Crippen molar-refractivity contribution in [3.8, 4) is 16.9 Å². The molecule has 0 aliphatic heterocycles. The van der Waals surface area contributed by atoms with Gasteiger partial charge in [0, 0.05) is 30.1 Å². The molecule has 1 heterocycles. The number of hydrogen-bond donors (Lipinski definition) is 1. The Labute approximate surface area is 107 Å². The molecule has 2 aromatic rings. The van der Waals surface area contributed by atoms with Gasteiger partial charge in [0.2, 0.25) is 0 Å². The third-order valence-electron chi connectivity index (χ3n) is 2.53. The average molecular weight is 268 g/mol. The average Bonchev–Trinajstić information content (AvgIpc) is 2.37. The van der Waals surface area contributed by atoms with E-state index in [9.17, 15) is 13.2 Å². The van der Waals surface area contributed by atoms with Gasteiger partial charge in [0.15, 0.2) is 0 Å². The van der Waals surface area contributed by atoms with Crippen molar-refractivity contribution in [3.63, 3.8) is 0 Å². The lowest BCUT2D eigenvalue weighted by Gasteiger charge is -2.14. The van der Waals surface area contributed by atoms with Crippen LogP contribution in [0.1, 0.15) is 5.56 Å². The molecule has 0 unspecified atom stereocenters. The lowest BCUT2D eigenvalue weighted by molar-refractivity contribution is -0.274. The summed E-state index contributed by atoms with van der Waals surface area (Å²) >= 11 is 0. The number of hydrogen-bond acceptors (Lipinski definition) is 3. The number of nitrogens with two attached hydrogens (primary N) is 1. The van der Waals surface area contributed by atoms with Gasteiger partial charge in [-0.25, -0.2) is 0 Å². The molecule has 0 saturated heterocycles. The van der Waals surface area contributed by atoms with Crippen LogP contribution in [0, 0.1) is 0 Å². The van der Waals surface area contributed by atoms with Crippen LogP contribution in [-0.4, -0.2) is 11.3 Å². The smallest absolute Gasteiger partial charge is 0.405 e. The van der Waals surface area contributed by atoms with Crippen molar-refractivity contribution in [3.05, 3.63) is 48.3 Å². The summed E-state index contributed by atoms with van der Waals surface area (Å²) in [5.41, 5.74) is 7.12. The second kappa shape index (κ2) is 5.27. The van der Waals surface area contributed by atoms with Crippen molar-refractivity contribution >= 4 is 0 Å². The Morgan fingerprint density at radius 1 is 1.11 bits per heavy atom. The van der Waals surface area contributed by atoms with Crippen molar-refractivity contribution in [2.45, 2.75) is 12.9 Å². The van der Waals surface area contributed by atoms with Gasteiger partial charge < -0.3 is 10.5 Å². The van der Waals surface area contributed by atoms with Crippen molar-refractivity contribution in [2.24, 2.45) is 5.73 Å². The van der Waals surface area contributed by atoms with Crippen LogP contribution in [0.3, 0.4) is 0 Å². The summed E-state index contributed by atoms with van der Waals surface area (Å²) in [6, 6.07) is 7.57. The Kier molecular flexibility index (Phi) is 3.71. The Morgan fingerprint density at radius 2 is 1.84 bits per heavy atom. The molecule has 0 bridgehead atoms. The van der Waals surface area contributed by atoms with Crippen LogP contribution >= 0.6 is 0 Å². The Hall–Kier alpha value is -2.08. The molecule has 0 spiro atoms. The summed E-state index contributed by atoms with van der Waals surface area (Å²) in [6.45, 7) is 0.207. The lowest BCUT2D eigenvalue weighted by atomic mass is 10.0. The third kappa shape index (κ3) is 3.23. The summed E-state index contributed by atoms with van der Waals surface area (Å²) < 4.78 is 41.1. The zero-order valence-electron chi connectivity index (χ0n) is 9.82. The molecule has 2 rings (SSSR count). The predicted molar refractivity (Wildman–Crippen MR) is 64.2 cm³/mol. The number of halogens is 3. The zero-order chi connectivity index (χ0) is 13.9. The van der Waals surface area contributed by atoms with Crippen LogP contribution in [0.2, 0.25) is 0 Å². The predicted octanol–water partition coefficient (Wildman–Crippen LogP) is 3.11. The Balaban J connectivity index is 2.50. The molecule has 0 aliphatic rings. The number of nitrogens with zero attached hydrogens (tertiary/aromatic N) is 1. The van der Waals surface area contributed by atoms with Crippen LogP contribution in [0.25, 0.3) is 11.1 Å². The van der Waals surface area contributed by atoms with Crippen molar-refractivity contribution in [1.29, 1.82) is 0 Å². The first-order chi connectivity index (χ1) is 9.01. The number of benzene rings is 1. The van der Waals surface area contributed by atoms with E-state index in [2.05, 4.69) is 9.72 Å². The van der Waals surface area contributed by atoms with Gasteiger partial charge in [-0.3, -0.25) is 4.98 Å². The van der Waals surface area contributed by atoms with Crippen molar-refractivity contribution < 1.29 is 17.9 Å². The number of alkyl halides is 3. The molecule has 2 N–H and O–H groups in total. The first-order valence-corrected chi connectivity index (χ1v) is 5.49.